The normalized spacial score (nSPS) is 16.9. The summed E-state index contributed by atoms with van der Waals surface area (Å²) in [4.78, 5) is 0.262. The van der Waals surface area contributed by atoms with Crippen LogP contribution in [-0.4, -0.2) is 14.7 Å². The van der Waals surface area contributed by atoms with Crippen molar-refractivity contribution in [3.8, 4) is 0 Å². The molecule has 0 amide bonds. The fourth-order valence-corrected chi connectivity index (χ4v) is 3.91. The van der Waals surface area contributed by atoms with Crippen LogP contribution in [0.5, 0.6) is 0 Å². The van der Waals surface area contributed by atoms with E-state index in [2.05, 4.69) is 13.8 Å². The number of halogens is 2. The summed E-state index contributed by atoms with van der Waals surface area (Å²) in [7, 11) is -3.25. The van der Waals surface area contributed by atoms with Crippen molar-refractivity contribution in [1.82, 2.24) is 0 Å². The summed E-state index contributed by atoms with van der Waals surface area (Å²) in [6, 6.07) is 10.6. The van der Waals surface area contributed by atoms with Crippen LogP contribution in [0.1, 0.15) is 31.4 Å². The molecule has 2 aromatic carbocycles. The minimum atomic E-state index is -3.25. The summed E-state index contributed by atoms with van der Waals surface area (Å²) in [5, 5.41) is 0. The third kappa shape index (κ3) is 2.88. The molecule has 0 N–H and O–H groups in total. The highest BCUT2D eigenvalue weighted by molar-refractivity contribution is 7.90. The standard InChI is InChI=1S/C19H18F2O2S/c1-19(2)11-15(13-6-9-16(20)17(21)10-13)18(19)12-4-7-14(8-5-12)24(3,22)23/h4-10H,11H2,1-3H3. The van der Waals surface area contributed by atoms with Crippen molar-refractivity contribution in [2.24, 2.45) is 5.41 Å². The van der Waals surface area contributed by atoms with E-state index in [1.165, 1.54) is 12.3 Å². The summed E-state index contributed by atoms with van der Waals surface area (Å²) >= 11 is 0. The van der Waals surface area contributed by atoms with Crippen LogP contribution in [0, 0.1) is 17.0 Å². The summed E-state index contributed by atoms with van der Waals surface area (Å²) < 4.78 is 49.9. The van der Waals surface area contributed by atoms with Crippen LogP contribution < -0.4 is 0 Å². The molecule has 0 unspecified atom stereocenters. The predicted molar refractivity (Wildman–Crippen MR) is 91.1 cm³/mol. The Balaban J connectivity index is 2.10. The Morgan fingerprint density at radius 3 is 2.00 bits per heavy atom. The third-order valence-electron chi connectivity index (χ3n) is 4.44. The first-order valence-corrected chi connectivity index (χ1v) is 9.48. The van der Waals surface area contributed by atoms with Crippen molar-refractivity contribution in [3.63, 3.8) is 0 Å². The zero-order chi connectivity index (χ0) is 17.7. The van der Waals surface area contributed by atoms with Gasteiger partial charge >= 0.3 is 0 Å². The Morgan fingerprint density at radius 1 is 0.917 bits per heavy atom. The van der Waals surface area contributed by atoms with Crippen LogP contribution in [0.25, 0.3) is 11.1 Å². The molecule has 0 aromatic heterocycles. The van der Waals surface area contributed by atoms with Gasteiger partial charge in [-0.05, 0) is 58.4 Å². The molecule has 5 heteroatoms. The van der Waals surface area contributed by atoms with Crippen molar-refractivity contribution in [2.75, 3.05) is 6.26 Å². The van der Waals surface area contributed by atoms with E-state index >= 15 is 0 Å². The van der Waals surface area contributed by atoms with Gasteiger partial charge in [0.15, 0.2) is 21.5 Å². The number of allylic oxidation sites excluding steroid dienone is 2. The van der Waals surface area contributed by atoms with Crippen LogP contribution in [0.2, 0.25) is 0 Å². The van der Waals surface area contributed by atoms with E-state index < -0.39 is 21.5 Å². The molecule has 2 nitrogen and oxygen atoms in total. The first-order valence-electron chi connectivity index (χ1n) is 7.59. The molecular formula is C19H18F2O2S. The van der Waals surface area contributed by atoms with Gasteiger partial charge in [-0.1, -0.05) is 32.0 Å². The number of benzene rings is 2. The highest BCUT2D eigenvalue weighted by Crippen LogP contribution is 2.55. The van der Waals surface area contributed by atoms with E-state index in [9.17, 15) is 17.2 Å². The Kier molecular flexibility index (Phi) is 3.87. The predicted octanol–water partition coefficient (Wildman–Crippen LogP) is 4.71. The van der Waals surface area contributed by atoms with Crippen molar-refractivity contribution in [3.05, 3.63) is 65.2 Å². The van der Waals surface area contributed by atoms with Gasteiger partial charge in [-0.2, -0.15) is 0 Å². The zero-order valence-electron chi connectivity index (χ0n) is 13.7. The van der Waals surface area contributed by atoms with Crippen LogP contribution in [0.3, 0.4) is 0 Å². The van der Waals surface area contributed by atoms with Crippen molar-refractivity contribution in [2.45, 2.75) is 25.2 Å². The lowest BCUT2D eigenvalue weighted by atomic mass is 9.62. The SMILES string of the molecule is CC1(C)CC(c2ccc(F)c(F)c2)=C1c1ccc(S(C)(=O)=O)cc1. The Labute approximate surface area is 140 Å². The van der Waals surface area contributed by atoms with Crippen molar-refractivity contribution < 1.29 is 17.2 Å². The molecule has 0 spiro atoms. The van der Waals surface area contributed by atoms with Gasteiger partial charge in [-0.25, -0.2) is 17.2 Å². The molecule has 2 aromatic rings. The maximum absolute atomic E-state index is 13.5. The second-order valence-electron chi connectivity index (χ2n) is 6.84. The van der Waals surface area contributed by atoms with Gasteiger partial charge in [0.05, 0.1) is 4.90 Å². The molecule has 0 aliphatic heterocycles. The molecule has 0 saturated heterocycles. The highest BCUT2D eigenvalue weighted by Gasteiger charge is 2.38. The summed E-state index contributed by atoms with van der Waals surface area (Å²) in [5.74, 6) is -1.73. The van der Waals surface area contributed by atoms with Gasteiger partial charge in [-0.15, -0.1) is 0 Å². The third-order valence-corrected chi connectivity index (χ3v) is 5.56. The number of hydrogen-bond donors (Lipinski definition) is 0. The van der Waals surface area contributed by atoms with Crippen LogP contribution >= 0.6 is 0 Å². The molecule has 24 heavy (non-hydrogen) atoms. The smallest absolute Gasteiger partial charge is 0.175 e. The highest BCUT2D eigenvalue weighted by atomic mass is 32.2. The molecule has 0 saturated carbocycles. The number of sulfone groups is 1. The van der Waals surface area contributed by atoms with E-state index in [0.29, 0.717) is 5.56 Å². The summed E-state index contributed by atoms with van der Waals surface area (Å²) in [6.07, 6.45) is 1.92. The minimum absolute atomic E-state index is 0.104. The van der Waals surface area contributed by atoms with Gasteiger partial charge in [0.25, 0.3) is 0 Å². The van der Waals surface area contributed by atoms with Gasteiger partial charge in [0.1, 0.15) is 0 Å². The Morgan fingerprint density at radius 2 is 1.50 bits per heavy atom. The first-order chi connectivity index (χ1) is 11.1. The molecule has 0 heterocycles. The maximum atomic E-state index is 13.5. The van der Waals surface area contributed by atoms with Gasteiger partial charge in [0, 0.05) is 6.26 Å². The lowest BCUT2D eigenvalue weighted by Gasteiger charge is -2.41. The van der Waals surface area contributed by atoms with Gasteiger partial charge in [-0.3, -0.25) is 0 Å². The Bertz CT molecular complexity index is 940. The number of hydrogen-bond acceptors (Lipinski definition) is 2. The quantitative estimate of drug-likeness (QED) is 0.805. The molecule has 0 radical (unpaired) electrons. The lowest BCUT2D eigenvalue weighted by Crippen LogP contribution is -2.25. The minimum Gasteiger partial charge on any atom is -0.224 e. The van der Waals surface area contributed by atoms with Crippen LogP contribution in [0.4, 0.5) is 8.78 Å². The molecule has 1 aliphatic rings. The fraction of sp³-hybridized carbons (Fsp3) is 0.263. The molecular weight excluding hydrogens is 330 g/mol. The monoisotopic (exact) mass is 348 g/mol. The van der Waals surface area contributed by atoms with Gasteiger partial charge in [0.2, 0.25) is 0 Å². The maximum Gasteiger partial charge on any atom is 0.175 e. The number of rotatable bonds is 3. The Hall–Kier alpha value is -2.01. The van der Waals surface area contributed by atoms with E-state index in [-0.39, 0.29) is 10.3 Å². The summed E-state index contributed by atoms with van der Waals surface area (Å²) in [6.45, 7) is 4.16. The van der Waals surface area contributed by atoms with E-state index in [1.807, 2.05) is 0 Å². The fourth-order valence-electron chi connectivity index (χ4n) is 3.28. The van der Waals surface area contributed by atoms with E-state index in [1.54, 1.807) is 30.3 Å². The average Bonchev–Trinajstić information content (AvgIpc) is 2.48. The van der Waals surface area contributed by atoms with E-state index in [0.717, 1.165) is 29.2 Å². The summed E-state index contributed by atoms with van der Waals surface area (Å²) in [5.41, 5.74) is 3.46. The van der Waals surface area contributed by atoms with Crippen LogP contribution in [0.15, 0.2) is 47.4 Å². The molecule has 126 valence electrons. The average molecular weight is 348 g/mol. The molecule has 0 bridgehead atoms. The second-order valence-corrected chi connectivity index (χ2v) is 8.86. The molecule has 0 atom stereocenters. The lowest BCUT2D eigenvalue weighted by molar-refractivity contribution is 0.480. The molecule has 0 fully saturated rings. The van der Waals surface area contributed by atoms with Crippen LogP contribution in [-0.2, 0) is 9.84 Å². The first kappa shape index (κ1) is 16.8. The van der Waals surface area contributed by atoms with Gasteiger partial charge < -0.3 is 0 Å². The largest absolute Gasteiger partial charge is 0.224 e. The van der Waals surface area contributed by atoms with E-state index in [4.69, 9.17) is 0 Å². The van der Waals surface area contributed by atoms with Crippen molar-refractivity contribution in [1.29, 1.82) is 0 Å². The second kappa shape index (κ2) is 5.52. The molecule has 1 aliphatic carbocycles. The zero-order valence-corrected chi connectivity index (χ0v) is 14.5. The topological polar surface area (TPSA) is 34.1 Å². The van der Waals surface area contributed by atoms with Crippen molar-refractivity contribution >= 4 is 21.0 Å². The molecule has 3 rings (SSSR count).